The lowest BCUT2D eigenvalue weighted by Crippen LogP contribution is -2.34. The van der Waals surface area contributed by atoms with Crippen LogP contribution in [0.15, 0.2) is 18.2 Å². The van der Waals surface area contributed by atoms with Crippen LogP contribution in [0.4, 0.5) is 5.69 Å². The molecule has 0 aliphatic rings. The number of anilines is 1. The summed E-state index contributed by atoms with van der Waals surface area (Å²) in [5.41, 5.74) is 1.28. The van der Waals surface area contributed by atoms with Crippen molar-refractivity contribution in [2.24, 2.45) is 5.92 Å². The third kappa shape index (κ3) is 3.38. The smallest absolute Gasteiger partial charge is 0.224 e. The molecule has 1 rings (SSSR count). The lowest BCUT2D eigenvalue weighted by atomic mass is 10.1. The molecule has 0 bridgehead atoms. The van der Waals surface area contributed by atoms with Crippen molar-refractivity contribution < 1.29 is 4.79 Å². The van der Waals surface area contributed by atoms with Crippen molar-refractivity contribution in [1.82, 2.24) is 5.32 Å². The Morgan fingerprint density at radius 3 is 2.83 bits per heavy atom. The van der Waals surface area contributed by atoms with Gasteiger partial charge in [-0.2, -0.15) is 5.26 Å². The van der Waals surface area contributed by atoms with Gasteiger partial charge in [0.05, 0.1) is 17.2 Å². The van der Waals surface area contributed by atoms with Crippen LogP contribution in [0.2, 0.25) is 5.02 Å². The van der Waals surface area contributed by atoms with Crippen LogP contribution in [0, 0.1) is 17.2 Å². The van der Waals surface area contributed by atoms with Gasteiger partial charge >= 0.3 is 0 Å². The molecule has 1 amide bonds. The molecule has 0 heterocycles. The van der Waals surface area contributed by atoms with Crippen LogP contribution in [-0.2, 0) is 4.79 Å². The zero-order valence-electron chi connectivity index (χ0n) is 10.7. The summed E-state index contributed by atoms with van der Waals surface area (Å²) < 4.78 is 0. The Labute approximate surface area is 112 Å². The van der Waals surface area contributed by atoms with Crippen LogP contribution >= 0.6 is 11.6 Å². The minimum absolute atomic E-state index is 0.0191. The molecule has 96 valence electrons. The van der Waals surface area contributed by atoms with Crippen LogP contribution in [0.3, 0.4) is 0 Å². The van der Waals surface area contributed by atoms with Gasteiger partial charge in [0.2, 0.25) is 5.91 Å². The summed E-state index contributed by atoms with van der Waals surface area (Å²) in [4.78, 5) is 13.3. The van der Waals surface area contributed by atoms with E-state index in [1.165, 1.54) is 0 Å². The second-order valence-electron chi connectivity index (χ2n) is 4.17. The van der Waals surface area contributed by atoms with Gasteiger partial charge in [-0.15, -0.1) is 0 Å². The maximum Gasteiger partial charge on any atom is 0.224 e. The number of rotatable bonds is 4. The summed E-state index contributed by atoms with van der Waals surface area (Å²) in [5, 5.41) is 12.2. The molecular formula is C13H16ClN3O. The monoisotopic (exact) mass is 265 g/mol. The van der Waals surface area contributed by atoms with E-state index in [1.807, 2.05) is 18.9 Å². The van der Waals surface area contributed by atoms with E-state index in [9.17, 15) is 4.79 Å². The van der Waals surface area contributed by atoms with Gasteiger partial charge in [-0.25, -0.2) is 0 Å². The lowest BCUT2D eigenvalue weighted by Gasteiger charge is -2.23. The highest BCUT2D eigenvalue weighted by Crippen LogP contribution is 2.23. The lowest BCUT2D eigenvalue weighted by molar-refractivity contribution is -0.123. The van der Waals surface area contributed by atoms with E-state index >= 15 is 0 Å². The molecule has 4 nitrogen and oxygen atoms in total. The zero-order valence-corrected chi connectivity index (χ0v) is 11.5. The fourth-order valence-corrected chi connectivity index (χ4v) is 1.94. The van der Waals surface area contributed by atoms with E-state index in [1.54, 1.807) is 25.2 Å². The molecule has 1 unspecified atom stereocenters. The molecule has 0 saturated carbocycles. The van der Waals surface area contributed by atoms with Crippen molar-refractivity contribution in [3.8, 4) is 6.07 Å². The van der Waals surface area contributed by atoms with Crippen LogP contribution in [0.25, 0.3) is 0 Å². The molecule has 0 fully saturated rings. The molecule has 5 heteroatoms. The predicted molar refractivity (Wildman–Crippen MR) is 72.7 cm³/mol. The number of nitriles is 1. The topological polar surface area (TPSA) is 56.1 Å². The quantitative estimate of drug-likeness (QED) is 0.906. The summed E-state index contributed by atoms with van der Waals surface area (Å²) in [6.45, 7) is 2.38. The highest BCUT2D eigenvalue weighted by Gasteiger charge is 2.15. The van der Waals surface area contributed by atoms with E-state index in [-0.39, 0.29) is 11.8 Å². The van der Waals surface area contributed by atoms with Crippen LogP contribution < -0.4 is 10.2 Å². The zero-order chi connectivity index (χ0) is 13.7. The van der Waals surface area contributed by atoms with Crippen LogP contribution in [-0.4, -0.2) is 26.5 Å². The predicted octanol–water partition coefficient (Wildman–Crippen LogP) is 2.03. The van der Waals surface area contributed by atoms with Gasteiger partial charge in [0.1, 0.15) is 6.07 Å². The van der Waals surface area contributed by atoms with Crippen molar-refractivity contribution in [1.29, 1.82) is 5.26 Å². The maximum atomic E-state index is 11.5. The molecule has 0 radical (unpaired) electrons. The number of hydrogen-bond acceptors (Lipinski definition) is 3. The fourth-order valence-electron chi connectivity index (χ4n) is 1.77. The maximum absolute atomic E-state index is 11.5. The standard InChI is InChI=1S/C13H16ClN3O/c1-9(13(18)16-2)8-17(3)12-5-4-11(14)6-10(12)7-15/h4-6,9H,8H2,1-3H3,(H,16,18). The Hall–Kier alpha value is -1.73. The normalized spacial score (nSPS) is 11.5. The number of carbonyl (C=O) groups excluding carboxylic acids is 1. The largest absolute Gasteiger partial charge is 0.373 e. The Balaban J connectivity index is 2.88. The number of carbonyl (C=O) groups is 1. The Morgan fingerprint density at radius 1 is 1.61 bits per heavy atom. The molecule has 0 saturated heterocycles. The SMILES string of the molecule is CNC(=O)C(C)CN(C)c1ccc(Cl)cc1C#N. The first-order valence-corrected chi connectivity index (χ1v) is 5.99. The Morgan fingerprint density at radius 2 is 2.28 bits per heavy atom. The van der Waals surface area contributed by atoms with E-state index in [4.69, 9.17) is 16.9 Å². The van der Waals surface area contributed by atoms with Gasteiger partial charge in [0.25, 0.3) is 0 Å². The minimum Gasteiger partial charge on any atom is -0.373 e. The minimum atomic E-state index is -0.151. The van der Waals surface area contributed by atoms with Crippen molar-refractivity contribution in [3.63, 3.8) is 0 Å². The van der Waals surface area contributed by atoms with Crippen molar-refractivity contribution in [2.45, 2.75) is 6.92 Å². The highest BCUT2D eigenvalue weighted by atomic mass is 35.5. The number of benzene rings is 1. The Bertz CT molecular complexity index is 482. The molecular weight excluding hydrogens is 250 g/mol. The summed E-state index contributed by atoms with van der Waals surface area (Å²) in [6, 6.07) is 7.25. The molecule has 0 aliphatic heterocycles. The number of halogens is 1. The molecule has 18 heavy (non-hydrogen) atoms. The highest BCUT2D eigenvalue weighted by molar-refractivity contribution is 6.30. The first kappa shape index (κ1) is 14.3. The number of nitrogens with one attached hydrogen (secondary N) is 1. The third-order valence-corrected chi connectivity index (χ3v) is 2.97. The summed E-state index contributed by atoms with van der Waals surface area (Å²) >= 11 is 5.85. The van der Waals surface area contributed by atoms with Crippen LogP contribution in [0.1, 0.15) is 12.5 Å². The number of hydrogen-bond donors (Lipinski definition) is 1. The molecule has 0 aliphatic carbocycles. The molecule has 0 spiro atoms. The van der Waals surface area contributed by atoms with Crippen molar-refractivity contribution in [2.75, 3.05) is 25.5 Å². The molecule has 1 aromatic rings. The average molecular weight is 266 g/mol. The second-order valence-corrected chi connectivity index (χ2v) is 4.61. The molecule has 1 N–H and O–H groups in total. The van der Waals surface area contributed by atoms with Gasteiger partial charge in [-0.1, -0.05) is 18.5 Å². The average Bonchev–Trinajstić information content (AvgIpc) is 2.37. The van der Waals surface area contributed by atoms with Crippen molar-refractivity contribution >= 4 is 23.2 Å². The van der Waals surface area contributed by atoms with Crippen molar-refractivity contribution in [3.05, 3.63) is 28.8 Å². The summed E-state index contributed by atoms with van der Waals surface area (Å²) in [6.07, 6.45) is 0. The van der Waals surface area contributed by atoms with Gasteiger partial charge in [0.15, 0.2) is 0 Å². The van der Waals surface area contributed by atoms with E-state index < -0.39 is 0 Å². The first-order chi connectivity index (χ1) is 8.49. The second kappa shape index (κ2) is 6.27. The molecule has 0 aromatic heterocycles. The van der Waals surface area contributed by atoms with E-state index in [0.29, 0.717) is 17.1 Å². The van der Waals surface area contributed by atoms with E-state index in [2.05, 4.69) is 11.4 Å². The number of nitrogens with zero attached hydrogens (tertiary/aromatic N) is 2. The summed E-state index contributed by atoms with van der Waals surface area (Å²) in [5.74, 6) is -0.170. The first-order valence-electron chi connectivity index (χ1n) is 5.62. The van der Waals surface area contributed by atoms with Crippen LogP contribution in [0.5, 0.6) is 0 Å². The van der Waals surface area contributed by atoms with Gasteiger partial charge in [-0.05, 0) is 18.2 Å². The van der Waals surface area contributed by atoms with Gasteiger partial charge < -0.3 is 10.2 Å². The number of amides is 1. The van der Waals surface area contributed by atoms with E-state index in [0.717, 1.165) is 5.69 Å². The Kier molecular flexibility index (Phi) is 4.99. The molecule has 1 aromatic carbocycles. The van der Waals surface area contributed by atoms with Gasteiger partial charge in [0, 0.05) is 25.7 Å². The fraction of sp³-hybridized carbons (Fsp3) is 0.385. The van der Waals surface area contributed by atoms with Gasteiger partial charge in [-0.3, -0.25) is 4.79 Å². The molecule has 1 atom stereocenters. The third-order valence-electron chi connectivity index (χ3n) is 2.73. The summed E-state index contributed by atoms with van der Waals surface area (Å²) in [7, 11) is 3.46.